The predicted octanol–water partition coefficient (Wildman–Crippen LogP) is 1.54. The molecule has 0 saturated carbocycles. The molecule has 0 bridgehead atoms. The van der Waals surface area contributed by atoms with Crippen LogP contribution in [-0.2, 0) is 19.3 Å². The predicted molar refractivity (Wildman–Crippen MR) is 66.2 cm³/mol. The van der Waals surface area contributed by atoms with Crippen molar-refractivity contribution in [2.24, 2.45) is 5.14 Å². The average molecular weight is 340 g/mol. The summed E-state index contributed by atoms with van der Waals surface area (Å²) in [6.07, 6.45) is 0. The fraction of sp³-hybridized carbons (Fsp3) is 0. The first-order valence-electron chi connectivity index (χ1n) is 3.75. The van der Waals surface area contributed by atoms with E-state index in [1.54, 1.807) is 0 Å². The average Bonchev–Trinajstić information content (AvgIpc) is 2.07. The Kier molecular flexibility index (Phi) is 4.17. The molecule has 0 atom stereocenters. The van der Waals surface area contributed by atoms with Crippen molar-refractivity contribution in [3.8, 4) is 0 Å². The van der Waals surface area contributed by atoms with Gasteiger partial charge in [-0.2, -0.15) is 8.42 Å². The van der Waals surface area contributed by atoms with Crippen LogP contribution < -0.4 is 9.86 Å². The Bertz CT molecular complexity index is 633. The topological polar surface area (TPSA) is 106 Å². The molecule has 1 aromatic rings. The zero-order chi connectivity index (χ0) is 13.4. The fourth-order valence-corrected chi connectivity index (χ4v) is 3.04. The van der Waals surface area contributed by atoms with Gasteiger partial charge in [0.25, 0.3) is 19.3 Å². The van der Waals surface area contributed by atoms with Crippen LogP contribution in [-0.4, -0.2) is 16.8 Å². The number of rotatable bonds is 3. The van der Waals surface area contributed by atoms with E-state index in [9.17, 15) is 16.8 Å². The molecule has 3 N–H and O–H groups in total. The first-order valence-corrected chi connectivity index (χ1v) is 8.36. The van der Waals surface area contributed by atoms with Crippen LogP contribution in [0.4, 0.5) is 5.69 Å². The second-order valence-corrected chi connectivity index (χ2v) is 7.52. The summed E-state index contributed by atoms with van der Waals surface area (Å²) in [5, 5.41) is 4.24. The number of halogens is 3. The van der Waals surface area contributed by atoms with E-state index < -0.39 is 19.3 Å². The summed E-state index contributed by atoms with van der Waals surface area (Å²) >= 11 is 11.3. The third kappa shape index (κ3) is 4.16. The van der Waals surface area contributed by atoms with Crippen molar-refractivity contribution >= 4 is 58.8 Å². The van der Waals surface area contributed by atoms with Crippen LogP contribution in [0.5, 0.6) is 0 Å². The van der Waals surface area contributed by atoms with Crippen LogP contribution in [0.25, 0.3) is 0 Å². The molecule has 0 spiro atoms. The molecule has 0 heterocycles. The standard InChI is InChI=1S/C6H5Cl3N2O4S2/c7-4-1-3(16(9,12)13)2-5(8)6(4)11-17(10,14)15/h1-2,11H,(H2,10,14,15). The Morgan fingerprint density at radius 3 is 1.76 bits per heavy atom. The largest absolute Gasteiger partial charge is 0.296 e. The van der Waals surface area contributed by atoms with Gasteiger partial charge in [-0.15, -0.1) is 0 Å². The van der Waals surface area contributed by atoms with Crippen LogP contribution in [0.1, 0.15) is 0 Å². The summed E-state index contributed by atoms with van der Waals surface area (Å²) in [5.41, 5.74) is -0.222. The molecule has 0 unspecified atom stereocenters. The van der Waals surface area contributed by atoms with Crippen LogP contribution in [0.2, 0.25) is 10.0 Å². The molecule has 96 valence electrons. The molecule has 0 aliphatic heterocycles. The highest BCUT2D eigenvalue weighted by Gasteiger charge is 2.17. The molecular formula is C6H5Cl3N2O4S2. The first-order chi connectivity index (χ1) is 7.50. The summed E-state index contributed by atoms with van der Waals surface area (Å²) < 4.78 is 45.5. The van der Waals surface area contributed by atoms with E-state index in [0.29, 0.717) is 0 Å². The van der Waals surface area contributed by atoms with Crippen molar-refractivity contribution in [2.75, 3.05) is 4.72 Å². The lowest BCUT2D eigenvalue weighted by Gasteiger charge is -2.09. The van der Waals surface area contributed by atoms with Gasteiger partial charge >= 0.3 is 0 Å². The SMILES string of the molecule is NS(=O)(=O)Nc1c(Cl)cc(S(=O)(=O)Cl)cc1Cl. The maximum absolute atomic E-state index is 11.0. The summed E-state index contributed by atoms with van der Waals surface area (Å²) in [5.74, 6) is 0. The van der Waals surface area contributed by atoms with Gasteiger partial charge in [-0.3, -0.25) is 4.72 Å². The van der Waals surface area contributed by atoms with Gasteiger partial charge in [0, 0.05) is 10.7 Å². The van der Waals surface area contributed by atoms with Crippen molar-refractivity contribution in [3.05, 3.63) is 22.2 Å². The zero-order valence-electron chi connectivity index (χ0n) is 7.82. The minimum Gasteiger partial charge on any atom is -0.268 e. The van der Waals surface area contributed by atoms with Gasteiger partial charge in [0.2, 0.25) is 0 Å². The molecule has 6 nitrogen and oxygen atoms in total. The number of nitrogens with one attached hydrogen (secondary N) is 1. The van der Waals surface area contributed by atoms with Crippen molar-refractivity contribution < 1.29 is 16.8 Å². The maximum Gasteiger partial charge on any atom is 0.296 e. The fourth-order valence-electron chi connectivity index (χ4n) is 0.930. The van der Waals surface area contributed by atoms with E-state index in [1.165, 1.54) is 0 Å². The molecule has 11 heteroatoms. The summed E-state index contributed by atoms with van der Waals surface area (Å²) in [7, 11) is -3.01. The first kappa shape index (κ1) is 14.8. The van der Waals surface area contributed by atoms with E-state index >= 15 is 0 Å². The van der Waals surface area contributed by atoms with Crippen molar-refractivity contribution in [3.63, 3.8) is 0 Å². The Balaban J connectivity index is 3.40. The molecule has 0 amide bonds. The van der Waals surface area contributed by atoms with Gasteiger partial charge < -0.3 is 0 Å². The second-order valence-electron chi connectivity index (χ2n) is 2.85. The quantitative estimate of drug-likeness (QED) is 0.814. The van der Waals surface area contributed by atoms with Crippen molar-refractivity contribution in [1.29, 1.82) is 0 Å². The lowest BCUT2D eigenvalue weighted by Crippen LogP contribution is -2.22. The van der Waals surface area contributed by atoms with Crippen molar-refractivity contribution in [2.45, 2.75) is 4.90 Å². The van der Waals surface area contributed by atoms with Gasteiger partial charge in [-0.25, -0.2) is 13.6 Å². The summed E-state index contributed by atoms with van der Waals surface area (Å²) in [4.78, 5) is -0.353. The molecule has 0 aromatic heterocycles. The van der Waals surface area contributed by atoms with Crippen LogP contribution in [0.3, 0.4) is 0 Å². The Morgan fingerprint density at radius 2 is 1.47 bits per heavy atom. The smallest absolute Gasteiger partial charge is 0.268 e. The third-order valence-corrected chi connectivity index (χ3v) is 3.96. The van der Waals surface area contributed by atoms with Crippen LogP contribution in [0.15, 0.2) is 17.0 Å². The van der Waals surface area contributed by atoms with E-state index in [1.807, 2.05) is 4.72 Å². The molecule has 1 aromatic carbocycles. The Hall–Kier alpha value is -0.250. The Labute approximate surface area is 112 Å². The number of hydrogen-bond donors (Lipinski definition) is 2. The zero-order valence-corrected chi connectivity index (χ0v) is 11.7. The van der Waals surface area contributed by atoms with Gasteiger partial charge in [0.05, 0.1) is 20.6 Å². The van der Waals surface area contributed by atoms with Gasteiger partial charge in [-0.05, 0) is 12.1 Å². The molecule has 0 aliphatic rings. The lowest BCUT2D eigenvalue weighted by atomic mass is 10.3. The number of hydrogen-bond acceptors (Lipinski definition) is 4. The van der Waals surface area contributed by atoms with Gasteiger partial charge in [0.15, 0.2) is 0 Å². The Morgan fingerprint density at radius 1 is 1.06 bits per heavy atom. The minimum atomic E-state index is -4.07. The van der Waals surface area contributed by atoms with Crippen molar-refractivity contribution in [1.82, 2.24) is 0 Å². The molecule has 0 radical (unpaired) electrons. The second kappa shape index (κ2) is 4.79. The van der Waals surface area contributed by atoms with Gasteiger partial charge in [0.1, 0.15) is 0 Å². The minimum absolute atomic E-state index is 0.222. The number of benzene rings is 1. The molecular weight excluding hydrogens is 335 g/mol. The van der Waals surface area contributed by atoms with Gasteiger partial charge in [-0.1, -0.05) is 23.2 Å². The highest BCUT2D eigenvalue weighted by Crippen LogP contribution is 2.34. The molecule has 17 heavy (non-hydrogen) atoms. The number of anilines is 1. The maximum atomic E-state index is 11.0. The third-order valence-electron chi connectivity index (χ3n) is 1.54. The molecule has 1 rings (SSSR count). The van der Waals surface area contributed by atoms with Crippen LogP contribution >= 0.6 is 33.9 Å². The molecule has 0 saturated heterocycles. The molecule has 0 fully saturated rings. The summed E-state index contributed by atoms with van der Waals surface area (Å²) in [6, 6.07) is 1.90. The van der Waals surface area contributed by atoms with E-state index in [2.05, 4.69) is 0 Å². The highest BCUT2D eigenvalue weighted by molar-refractivity contribution is 8.13. The van der Waals surface area contributed by atoms with Crippen LogP contribution in [0, 0.1) is 0 Å². The van der Waals surface area contributed by atoms with E-state index in [0.717, 1.165) is 12.1 Å². The molecule has 0 aliphatic carbocycles. The van der Waals surface area contributed by atoms with E-state index in [4.69, 9.17) is 39.0 Å². The highest BCUT2D eigenvalue weighted by atomic mass is 35.7. The van der Waals surface area contributed by atoms with E-state index in [-0.39, 0.29) is 20.6 Å². The lowest BCUT2D eigenvalue weighted by molar-refractivity contribution is 0.602. The normalized spacial score (nSPS) is 12.5. The summed E-state index contributed by atoms with van der Waals surface area (Å²) in [6.45, 7) is 0. The monoisotopic (exact) mass is 338 g/mol. The number of nitrogens with two attached hydrogens (primary N) is 1.